The molecule has 0 radical (unpaired) electrons. The van der Waals surface area contributed by atoms with Gasteiger partial charge in [0, 0.05) is 18.3 Å². The van der Waals surface area contributed by atoms with Crippen molar-refractivity contribution >= 4 is 15.7 Å². The van der Waals surface area contributed by atoms with E-state index >= 15 is 0 Å². The summed E-state index contributed by atoms with van der Waals surface area (Å²) in [4.78, 5) is 0. The van der Waals surface area contributed by atoms with E-state index in [2.05, 4.69) is 23.9 Å². The Morgan fingerprint density at radius 1 is 1.00 bits per heavy atom. The Balaban J connectivity index is 2.70. The summed E-state index contributed by atoms with van der Waals surface area (Å²) in [5, 5.41) is 2.66. The zero-order chi connectivity index (χ0) is 15.3. The monoisotopic (exact) mass is 298 g/mol. The van der Waals surface area contributed by atoms with Gasteiger partial charge in [-0.3, -0.25) is 4.72 Å². The van der Waals surface area contributed by atoms with Gasteiger partial charge in [-0.25, -0.2) is 8.42 Å². The molecule has 0 fully saturated rings. The van der Waals surface area contributed by atoms with Gasteiger partial charge in [0.05, 0.1) is 5.25 Å². The topological polar surface area (TPSA) is 58.2 Å². The van der Waals surface area contributed by atoms with Crippen LogP contribution in [0.1, 0.15) is 46.1 Å². The van der Waals surface area contributed by atoms with Crippen LogP contribution in [0.25, 0.3) is 0 Å². The Morgan fingerprint density at radius 3 is 2.00 bits per heavy atom. The van der Waals surface area contributed by atoms with E-state index in [9.17, 15) is 8.42 Å². The molecule has 114 valence electrons. The molecular weight excluding hydrogens is 272 g/mol. The first kappa shape index (κ1) is 17.0. The van der Waals surface area contributed by atoms with Gasteiger partial charge in [-0.05, 0) is 30.5 Å². The molecule has 1 aromatic rings. The number of anilines is 1. The Kier molecular flexibility index (Phi) is 6.02. The molecule has 1 unspecified atom stereocenters. The number of benzene rings is 1. The van der Waals surface area contributed by atoms with Crippen LogP contribution in [0, 0.1) is 0 Å². The molecule has 0 aliphatic carbocycles. The van der Waals surface area contributed by atoms with E-state index in [1.54, 1.807) is 6.92 Å². The number of hydrogen-bond acceptors (Lipinski definition) is 3. The van der Waals surface area contributed by atoms with E-state index in [1.165, 1.54) is 5.56 Å². The van der Waals surface area contributed by atoms with Crippen molar-refractivity contribution in [3.8, 4) is 0 Å². The summed E-state index contributed by atoms with van der Waals surface area (Å²) in [6, 6.07) is 7.82. The molecule has 5 heteroatoms. The van der Waals surface area contributed by atoms with Crippen LogP contribution in [0.3, 0.4) is 0 Å². The van der Waals surface area contributed by atoms with Gasteiger partial charge in [-0.15, -0.1) is 0 Å². The molecule has 1 rings (SSSR count). The highest BCUT2D eigenvalue weighted by Crippen LogP contribution is 2.18. The quantitative estimate of drug-likeness (QED) is 0.813. The van der Waals surface area contributed by atoms with Crippen LogP contribution in [0.4, 0.5) is 5.69 Å². The van der Waals surface area contributed by atoms with Crippen molar-refractivity contribution in [1.29, 1.82) is 0 Å². The largest absolute Gasteiger partial charge is 0.313 e. The van der Waals surface area contributed by atoms with Crippen molar-refractivity contribution < 1.29 is 8.42 Å². The average Bonchev–Trinajstić information content (AvgIpc) is 2.35. The molecule has 2 N–H and O–H groups in total. The van der Waals surface area contributed by atoms with Crippen LogP contribution in [0.5, 0.6) is 0 Å². The van der Waals surface area contributed by atoms with Gasteiger partial charge in [0.15, 0.2) is 0 Å². The number of hydrogen-bond donors (Lipinski definition) is 2. The van der Waals surface area contributed by atoms with Crippen LogP contribution in [0.2, 0.25) is 0 Å². The SMILES string of the molecule is CC(C)NCC(C)S(=O)(=O)Nc1ccc(C(C)C)cc1. The second-order valence-corrected chi connectivity index (χ2v) is 7.90. The summed E-state index contributed by atoms with van der Waals surface area (Å²) in [6.07, 6.45) is 0. The molecule has 0 aliphatic heterocycles. The maximum atomic E-state index is 12.2. The van der Waals surface area contributed by atoms with Crippen molar-refractivity contribution in [2.24, 2.45) is 0 Å². The maximum Gasteiger partial charge on any atom is 0.236 e. The zero-order valence-electron chi connectivity index (χ0n) is 13.0. The molecule has 0 bridgehead atoms. The fourth-order valence-corrected chi connectivity index (χ4v) is 2.69. The van der Waals surface area contributed by atoms with E-state index in [0.29, 0.717) is 18.2 Å². The lowest BCUT2D eigenvalue weighted by Gasteiger charge is -2.17. The zero-order valence-corrected chi connectivity index (χ0v) is 13.8. The maximum absolute atomic E-state index is 12.2. The molecule has 1 atom stereocenters. The van der Waals surface area contributed by atoms with E-state index < -0.39 is 15.3 Å². The third-order valence-electron chi connectivity index (χ3n) is 3.18. The first-order chi connectivity index (χ1) is 9.22. The molecule has 0 saturated carbocycles. The van der Waals surface area contributed by atoms with Crippen molar-refractivity contribution in [2.75, 3.05) is 11.3 Å². The second kappa shape index (κ2) is 7.09. The minimum Gasteiger partial charge on any atom is -0.313 e. The highest BCUT2D eigenvalue weighted by molar-refractivity contribution is 7.93. The van der Waals surface area contributed by atoms with Crippen LogP contribution in [0.15, 0.2) is 24.3 Å². The Bertz CT molecular complexity index is 507. The summed E-state index contributed by atoms with van der Waals surface area (Å²) < 4.78 is 27.0. The smallest absolute Gasteiger partial charge is 0.236 e. The molecule has 0 saturated heterocycles. The van der Waals surface area contributed by atoms with Crippen molar-refractivity contribution in [2.45, 2.75) is 51.8 Å². The van der Waals surface area contributed by atoms with E-state index in [0.717, 1.165) is 0 Å². The third kappa shape index (κ3) is 5.13. The van der Waals surface area contributed by atoms with Gasteiger partial charge in [-0.1, -0.05) is 39.8 Å². The summed E-state index contributed by atoms with van der Waals surface area (Å²) in [5.74, 6) is 0.440. The molecule has 20 heavy (non-hydrogen) atoms. The van der Waals surface area contributed by atoms with Gasteiger partial charge in [0.1, 0.15) is 0 Å². The highest BCUT2D eigenvalue weighted by Gasteiger charge is 2.20. The molecular formula is C15H26N2O2S. The molecule has 0 aromatic heterocycles. The average molecular weight is 298 g/mol. The summed E-state index contributed by atoms with van der Waals surface area (Å²) >= 11 is 0. The predicted octanol–water partition coefficient (Wildman–Crippen LogP) is 2.94. The lowest BCUT2D eigenvalue weighted by molar-refractivity contribution is 0.553. The standard InChI is InChI=1S/C15H26N2O2S/c1-11(2)14-6-8-15(9-7-14)17-20(18,19)13(5)10-16-12(3)4/h6-9,11-13,16-17H,10H2,1-5H3. The number of rotatable bonds is 7. The fourth-order valence-electron chi connectivity index (χ4n) is 1.71. The minimum atomic E-state index is -3.35. The van der Waals surface area contributed by atoms with Crippen LogP contribution < -0.4 is 10.0 Å². The van der Waals surface area contributed by atoms with Gasteiger partial charge < -0.3 is 5.32 Å². The summed E-state index contributed by atoms with van der Waals surface area (Å²) in [7, 11) is -3.35. The molecule has 0 spiro atoms. The minimum absolute atomic E-state index is 0.276. The van der Waals surface area contributed by atoms with Crippen molar-refractivity contribution in [1.82, 2.24) is 5.32 Å². The normalized spacial score (nSPS) is 13.8. The van der Waals surface area contributed by atoms with Crippen molar-refractivity contribution in [3.63, 3.8) is 0 Å². The lowest BCUT2D eigenvalue weighted by Crippen LogP contribution is -2.37. The third-order valence-corrected chi connectivity index (χ3v) is 4.93. The van der Waals surface area contributed by atoms with Crippen LogP contribution in [-0.2, 0) is 10.0 Å². The van der Waals surface area contributed by atoms with E-state index in [-0.39, 0.29) is 6.04 Å². The number of sulfonamides is 1. The highest BCUT2D eigenvalue weighted by atomic mass is 32.2. The Hall–Kier alpha value is -1.07. The first-order valence-electron chi connectivity index (χ1n) is 7.07. The Labute approximate surface area is 123 Å². The molecule has 0 heterocycles. The summed E-state index contributed by atoms with van der Waals surface area (Å²) in [5.41, 5.74) is 1.81. The van der Waals surface area contributed by atoms with Gasteiger partial charge in [0.2, 0.25) is 10.0 Å². The molecule has 0 amide bonds. The van der Waals surface area contributed by atoms with Crippen LogP contribution >= 0.6 is 0 Å². The summed E-state index contributed by atoms with van der Waals surface area (Å²) in [6.45, 7) is 10.4. The predicted molar refractivity (Wildman–Crippen MR) is 85.7 cm³/mol. The lowest BCUT2D eigenvalue weighted by atomic mass is 10.0. The van der Waals surface area contributed by atoms with Gasteiger partial charge in [-0.2, -0.15) is 0 Å². The number of nitrogens with one attached hydrogen (secondary N) is 2. The fraction of sp³-hybridized carbons (Fsp3) is 0.600. The first-order valence-corrected chi connectivity index (χ1v) is 8.62. The molecule has 0 aliphatic rings. The Morgan fingerprint density at radius 2 is 1.55 bits per heavy atom. The van der Waals surface area contributed by atoms with Gasteiger partial charge >= 0.3 is 0 Å². The second-order valence-electron chi connectivity index (χ2n) is 5.80. The molecule has 4 nitrogen and oxygen atoms in total. The van der Waals surface area contributed by atoms with E-state index in [4.69, 9.17) is 0 Å². The molecule has 1 aromatic carbocycles. The van der Waals surface area contributed by atoms with Crippen LogP contribution in [-0.4, -0.2) is 26.3 Å². The van der Waals surface area contributed by atoms with Crippen molar-refractivity contribution in [3.05, 3.63) is 29.8 Å². The van der Waals surface area contributed by atoms with E-state index in [1.807, 2.05) is 38.1 Å². The van der Waals surface area contributed by atoms with Gasteiger partial charge in [0.25, 0.3) is 0 Å².